The van der Waals surface area contributed by atoms with E-state index in [0.717, 1.165) is 36.4 Å². The minimum Gasteiger partial charge on any atom is -0.356 e. The van der Waals surface area contributed by atoms with Gasteiger partial charge in [0.15, 0.2) is 5.76 Å². The van der Waals surface area contributed by atoms with Crippen LogP contribution in [0.2, 0.25) is 0 Å². The molecule has 0 bridgehead atoms. The van der Waals surface area contributed by atoms with Crippen LogP contribution >= 0.6 is 0 Å². The van der Waals surface area contributed by atoms with Crippen LogP contribution in [0.4, 0.5) is 0 Å². The smallest absolute Gasteiger partial charge is 0.171 e. The molecule has 0 aliphatic heterocycles. The lowest BCUT2D eigenvalue weighted by Crippen LogP contribution is -2.13. The summed E-state index contributed by atoms with van der Waals surface area (Å²) in [4.78, 5) is 0. The first-order valence-corrected chi connectivity index (χ1v) is 6.03. The van der Waals surface area contributed by atoms with Crippen LogP contribution < -0.4 is 5.32 Å². The molecule has 0 atom stereocenters. The Labute approximate surface area is 102 Å². The van der Waals surface area contributed by atoms with Crippen molar-refractivity contribution in [3.8, 4) is 11.3 Å². The minimum absolute atomic E-state index is 0.807. The summed E-state index contributed by atoms with van der Waals surface area (Å²) in [6, 6.07) is 8.21. The summed E-state index contributed by atoms with van der Waals surface area (Å²) in [5.74, 6) is 0.881. The summed E-state index contributed by atoms with van der Waals surface area (Å²) in [6.07, 6.45) is 2.93. The summed E-state index contributed by atoms with van der Waals surface area (Å²) >= 11 is 0. The zero-order valence-corrected chi connectivity index (χ0v) is 10.4. The van der Waals surface area contributed by atoms with Gasteiger partial charge >= 0.3 is 0 Å². The second-order valence-corrected chi connectivity index (χ2v) is 4.17. The maximum Gasteiger partial charge on any atom is 0.171 e. The normalized spacial score (nSPS) is 10.7. The fraction of sp³-hybridized carbons (Fsp3) is 0.357. The zero-order chi connectivity index (χ0) is 12.1. The van der Waals surface area contributed by atoms with Crippen molar-refractivity contribution >= 4 is 0 Å². The lowest BCUT2D eigenvalue weighted by Gasteiger charge is -2.05. The van der Waals surface area contributed by atoms with Crippen LogP contribution in [-0.2, 0) is 6.54 Å². The van der Waals surface area contributed by atoms with Crippen LogP contribution in [0.25, 0.3) is 11.3 Å². The van der Waals surface area contributed by atoms with Crippen molar-refractivity contribution < 1.29 is 4.52 Å². The number of aromatic nitrogens is 1. The van der Waals surface area contributed by atoms with Crippen LogP contribution in [0.15, 0.2) is 35.0 Å². The summed E-state index contributed by atoms with van der Waals surface area (Å²) in [7, 11) is 0. The van der Waals surface area contributed by atoms with Gasteiger partial charge in [-0.05, 0) is 25.5 Å². The van der Waals surface area contributed by atoms with Crippen molar-refractivity contribution in [2.75, 3.05) is 6.54 Å². The molecule has 0 aliphatic carbocycles. The first-order valence-electron chi connectivity index (χ1n) is 6.03. The fourth-order valence-electron chi connectivity index (χ4n) is 1.84. The van der Waals surface area contributed by atoms with E-state index in [1.54, 1.807) is 6.20 Å². The zero-order valence-electron chi connectivity index (χ0n) is 10.4. The number of aryl methyl sites for hydroxylation is 1. The highest BCUT2D eigenvalue weighted by molar-refractivity contribution is 5.64. The predicted octanol–water partition coefficient (Wildman–Crippen LogP) is 3.15. The van der Waals surface area contributed by atoms with E-state index in [0.29, 0.717) is 0 Å². The third kappa shape index (κ3) is 2.74. The Bertz CT molecular complexity index is 477. The van der Waals surface area contributed by atoms with Gasteiger partial charge in [0.25, 0.3) is 0 Å². The van der Waals surface area contributed by atoms with Gasteiger partial charge in [-0.3, -0.25) is 0 Å². The van der Waals surface area contributed by atoms with E-state index in [1.165, 1.54) is 5.56 Å². The molecule has 0 aliphatic rings. The summed E-state index contributed by atoms with van der Waals surface area (Å²) in [5, 5.41) is 7.27. The molecule has 2 rings (SSSR count). The summed E-state index contributed by atoms with van der Waals surface area (Å²) in [6.45, 7) is 6.06. The molecule has 0 fully saturated rings. The van der Waals surface area contributed by atoms with Crippen molar-refractivity contribution in [3.63, 3.8) is 0 Å². The first kappa shape index (κ1) is 11.9. The van der Waals surface area contributed by atoms with Crippen LogP contribution in [0, 0.1) is 6.92 Å². The SMILES string of the molecule is CCCNCc1cnoc1-c1ccccc1C. The van der Waals surface area contributed by atoms with Gasteiger partial charge in [0.05, 0.1) is 6.20 Å². The third-order valence-corrected chi connectivity index (χ3v) is 2.78. The van der Waals surface area contributed by atoms with Crippen molar-refractivity contribution in [3.05, 3.63) is 41.6 Å². The van der Waals surface area contributed by atoms with Crippen LogP contribution in [-0.4, -0.2) is 11.7 Å². The second-order valence-electron chi connectivity index (χ2n) is 4.17. The van der Waals surface area contributed by atoms with Crippen LogP contribution in [0.1, 0.15) is 24.5 Å². The van der Waals surface area contributed by atoms with E-state index in [4.69, 9.17) is 4.52 Å². The van der Waals surface area contributed by atoms with E-state index >= 15 is 0 Å². The van der Waals surface area contributed by atoms with Crippen molar-refractivity contribution in [1.82, 2.24) is 10.5 Å². The highest BCUT2D eigenvalue weighted by Crippen LogP contribution is 2.26. The lowest BCUT2D eigenvalue weighted by atomic mass is 10.0. The van der Waals surface area contributed by atoms with Crippen molar-refractivity contribution in [2.45, 2.75) is 26.8 Å². The van der Waals surface area contributed by atoms with E-state index < -0.39 is 0 Å². The van der Waals surface area contributed by atoms with Crippen molar-refractivity contribution in [2.24, 2.45) is 0 Å². The Hall–Kier alpha value is -1.61. The third-order valence-electron chi connectivity index (χ3n) is 2.78. The van der Waals surface area contributed by atoms with Gasteiger partial charge in [0.1, 0.15) is 0 Å². The van der Waals surface area contributed by atoms with Crippen LogP contribution in [0.3, 0.4) is 0 Å². The molecule has 1 aromatic heterocycles. The fourth-order valence-corrected chi connectivity index (χ4v) is 1.84. The molecule has 0 saturated heterocycles. The van der Waals surface area contributed by atoms with Gasteiger partial charge in [-0.2, -0.15) is 0 Å². The Kier molecular flexibility index (Phi) is 3.94. The number of nitrogens with one attached hydrogen (secondary N) is 1. The molecule has 0 amide bonds. The molecule has 3 nitrogen and oxygen atoms in total. The lowest BCUT2D eigenvalue weighted by molar-refractivity contribution is 0.431. The van der Waals surface area contributed by atoms with Gasteiger partial charge < -0.3 is 9.84 Å². The van der Waals surface area contributed by atoms with Crippen molar-refractivity contribution in [1.29, 1.82) is 0 Å². The molecule has 2 aromatic rings. The van der Waals surface area contributed by atoms with E-state index in [-0.39, 0.29) is 0 Å². The minimum atomic E-state index is 0.807. The Balaban J connectivity index is 2.22. The maximum absolute atomic E-state index is 5.37. The monoisotopic (exact) mass is 230 g/mol. The van der Waals surface area contributed by atoms with Gasteiger partial charge in [0, 0.05) is 17.7 Å². The molecule has 1 N–H and O–H groups in total. The standard InChI is InChI=1S/C14H18N2O/c1-3-8-15-9-12-10-16-17-14(12)13-7-5-4-6-11(13)2/h4-7,10,15H,3,8-9H2,1-2H3. The number of rotatable bonds is 5. The predicted molar refractivity (Wildman–Crippen MR) is 68.7 cm³/mol. The molecule has 0 radical (unpaired) electrons. The largest absolute Gasteiger partial charge is 0.356 e. The molecule has 0 saturated carbocycles. The molecular formula is C14H18N2O. The topological polar surface area (TPSA) is 38.1 Å². The molecule has 17 heavy (non-hydrogen) atoms. The Morgan fingerprint density at radius 2 is 2.12 bits per heavy atom. The maximum atomic E-state index is 5.37. The van der Waals surface area contributed by atoms with E-state index in [1.807, 2.05) is 12.1 Å². The number of hydrogen-bond donors (Lipinski definition) is 1. The van der Waals surface area contributed by atoms with Gasteiger partial charge in [-0.1, -0.05) is 36.3 Å². The molecule has 0 unspecified atom stereocenters. The highest BCUT2D eigenvalue weighted by atomic mass is 16.5. The average Bonchev–Trinajstić information content (AvgIpc) is 2.78. The van der Waals surface area contributed by atoms with E-state index in [2.05, 4.69) is 36.5 Å². The molecule has 0 spiro atoms. The van der Waals surface area contributed by atoms with Gasteiger partial charge in [0.2, 0.25) is 0 Å². The molecular weight excluding hydrogens is 212 g/mol. The molecule has 1 heterocycles. The van der Waals surface area contributed by atoms with E-state index in [9.17, 15) is 0 Å². The highest BCUT2D eigenvalue weighted by Gasteiger charge is 2.11. The quantitative estimate of drug-likeness (QED) is 0.802. The first-order chi connectivity index (χ1) is 8.33. The average molecular weight is 230 g/mol. The van der Waals surface area contributed by atoms with Crippen LogP contribution in [0.5, 0.6) is 0 Å². The molecule has 90 valence electrons. The summed E-state index contributed by atoms with van der Waals surface area (Å²) < 4.78 is 5.37. The second kappa shape index (κ2) is 5.64. The number of benzene rings is 1. The summed E-state index contributed by atoms with van der Waals surface area (Å²) in [5.41, 5.74) is 3.45. The molecule has 3 heteroatoms. The number of nitrogens with zero attached hydrogens (tertiary/aromatic N) is 1. The molecule has 1 aromatic carbocycles. The van der Waals surface area contributed by atoms with Gasteiger partial charge in [-0.15, -0.1) is 0 Å². The Morgan fingerprint density at radius 1 is 1.29 bits per heavy atom. The number of hydrogen-bond acceptors (Lipinski definition) is 3. The Morgan fingerprint density at radius 3 is 2.88 bits per heavy atom. The van der Waals surface area contributed by atoms with Gasteiger partial charge in [-0.25, -0.2) is 0 Å².